The minimum atomic E-state index is -0.157. The van der Waals surface area contributed by atoms with Gasteiger partial charge in [0.2, 0.25) is 0 Å². The third kappa shape index (κ3) is 3.68. The monoisotopic (exact) mass is 252 g/mol. The summed E-state index contributed by atoms with van der Waals surface area (Å²) in [5.41, 5.74) is 2.76. The highest BCUT2D eigenvalue weighted by atomic mass is 16.3. The number of nitrogens with zero attached hydrogens (tertiary/aromatic N) is 2. The van der Waals surface area contributed by atoms with E-state index in [9.17, 15) is 4.79 Å². The summed E-state index contributed by atoms with van der Waals surface area (Å²) < 4.78 is 0. The van der Waals surface area contributed by atoms with Gasteiger partial charge in [-0.2, -0.15) is 0 Å². The molecule has 0 saturated carbocycles. The van der Waals surface area contributed by atoms with Gasteiger partial charge in [-0.3, -0.25) is 4.79 Å². The Morgan fingerprint density at radius 3 is 2.83 bits per heavy atom. The molecule has 6 nitrogen and oxygen atoms in total. The molecule has 4 N–H and O–H groups in total. The second kappa shape index (κ2) is 6.93. The average Bonchev–Trinajstić information content (AvgIpc) is 2.38. The predicted octanol–water partition coefficient (Wildman–Crippen LogP) is 0.600. The molecule has 0 saturated heterocycles. The molecule has 0 atom stereocenters. The highest BCUT2D eigenvalue weighted by Crippen LogP contribution is 2.10. The topological polar surface area (TPSA) is 91.5 Å². The van der Waals surface area contributed by atoms with Gasteiger partial charge >= 0.3 is 0 Å². The number of nitrogens with two attached hydrogens (primary N) is 1. The molecule has 1 aromatic rings. The van der Waals surface area contributed by atoms with E-state index in [4.69, 9.17) is 10.9 Å². The fourth-order valence-corrected chi connectivity index (χ4v) is 1.62. The maximum atomic E-state index is 12.3. The van der Waals surface area contributed by atoms with Crippen molar-refractivity contribution >= 4 is 11.7 Å². The summed E-state index contributed by atoms with van der Waals surface area (Å²) >= 11 is 0. The second-order valence-corrected chi connectivity index (χ2v) is 4.22. The number of pyridine rings is 1. The van der Waals surface area contributed by atoms with E-state index in [0.29, 0.717) is 24.5 Å². The fourth-order valence-electron chi connectivity index (χ4n) is 1.62. The summed E-state index contributed by atoms with van der Waals surface area (Å²) in [5.74, 6) is 5.56. The molecule has 0 bridgehead atoms. The average molecular weight is 252 g/mol. The quantitative estimate of drug-likeness (QED) is 0.509. The Balaban J connectivity index is 2.87. The van der Waals surface area contributed by atoms with Crippen molar-refractivity contribution < 1.29 is 9.90 Å². The number of nitrogens with one attached hydrogen (secondary N) is 1. The number of aliphatic hydroxyl groups is 1. The normalized spacial score (nSPS) is 10.5. The number of anilines is 1. The third-order valence-electron chi connectivity index (χ3n) is 2.56. The van der Waals surface area contributed by atoms with E-state index in [-0.39, 0.29) is 18.6 Å². The Labute approximate surface area is 107 Å². The van der Waals surface area contributed by atoms with Crippen LogP contribution >= 0.6 is 0 Å². The van der Waals surface area contributed by atoms with Gasteiger partial charge in [-0.05, 0) is 32.4 Å². The van der Waals surface area contributed by atoms with Crippen molar-refractivity contribution in [1.82, 2.24) is 9.88 Å². The molecule has 1 amide bonds. The molecule has 1 aromatic heterocycles. The van der Waals surface area contributed by atoms with Crippen LogP contribution < -0.4 is 11.3 Å². The Morgan fingerprint density at radius 1 is 1.56 bits per heavy atom. The number of aromatic nitrogens is 1. The van der Waals surface area contributed by atoms with Gasteiger partial charge in [0.1, 0.15) is 11.5 Å². The van der Waals surface area contributed by atoms with Crippen molar-refractivity contribution in [2.24, 2.45) is 5.84 Å². The number of rotatable bonds is 6. The second-order valence-electron chi connectivity index (χ2n) is 4.22. The maximum absolute atomic E-state index is 12.3. The lowest BCUT2D eigenvalue weighted by Gasteiger charge is -2.26. The maximum Gasteiger partial charge on any atom is 0.272 e. The Bertz CT molecular complexity index is 395. The van der Waals surface area contributed by atoms with Crippen LogP contribution in [0.25, 0.3) is 0 Å². The van der Waals surface area contributed by atoms with Gasteiger partial charge in [-0.1, -0.05) is 6.07 Å². The number of hydrazine groups is 1. The van der Waals surface area contributed by atoms with Crippen molar-refractivity contribution in [1.29, 1.82) is 0 Å². The summed E-state index contributed by atoms with van der Waals surface area (Å²) in [5, 5.41) is 8.85. The van der Waals surface area contributed by atoms with E-state index >= 15 is 0 Å². The first kappa shape index (κ1) is 14.4. The number of aliphatic hydroxyl groups excluding tert-OH is 1. The van der Waals surface area contributed by atoms with Crippen LogP contribution in [-0.2, 0) is 0 Å². The number of hydrogen-bond donors (Lipinski definition) is 3. The van der Waals surface area contributed by atoms with E-state index in [1.807, 2.05) is 13.8 Å². The molecule has 0 aliphatic carbocycles. The highest BCUT2D eigenvalue weighted by Gasteiger charge is 2.19. The molecule has 0 radical (unpaired) electrons. The molecule has 0 fully saturated rings. The predicted molar refractivity (Wildman–Crippen MR) is 69.9 cm³/mol. The van der Waals surface area contributed by atoms with Gasteiger partial charge in [-0.25, -0.2) is 10.8 Å². The smallest absolute Gasteiger partial charge is 0.272 e. The molecule has 0 unspecified atom stereocenters. The van der Waals surface area contributed by atoms with Crippen LogP contribution in [-0.4, -0.2) is 40.1 Å². The zero-order chi connectivity index (χ0) is 13.5. The van der Waals surface area contributed by atoms with Gasteiger partial charge in [0, 0.05) is 19.2 Å². The number of nitrogen functional groups attached to an aromatic ring is 1. The van der Waals surface area contributed by atoms with Crippen LogP contribution in [0, 0.1) is 0 Å². The molecule has 100 valence electrons. The highest BCUT2D eigenvalue weighted by molar-refractivity contribution is 5.92. The summed E-state index contributed by atoms with van der Waals surface area (Å²) in [6.45, 7) is 4.43. The number of hydrogen-bond acceptors (Lipinski definition) is 5. The summed E-state index contributed by atoms with van der Waals surface area (Å²) in [7, 11) is 0. The van der Waals surface area contributed by atoms with E-state index in [0.717, 1.165) is 0 Å². The molecule has 0 aliphatic heterocycles. The molecule has 0 spiro atoms. The minimum Gasteiger partial charge on any atom is -0.396 e. The number of carbonyl (C=O) groups is 1. The van der Waals surface area contributed by atoms with Crippen LogP contribution in [0.15, 0.2) is 18.2 Å². The molecule has 0 aliphatic rings. The van der Waals surface area contributed by atoms with Crippen molar-refractivity contribution in [2.75, 3.05) is 18.6 Å². The van der Waals surface area contributed by atoms with Gasteiger partial charge in [-0.15, -0.1) is 0 Å². The van der Waals surface area contributed by atoms with Crippen LogP contribution in [0.2, 0.25) is 0 Å². The molecule has 18 heavy (non-hydrogen) atoms. The number of carbonyl (C=O) groups excluding carboxylic acids is 1. The third-order valence-corrected chi connectivity index (χ3v) is 2.56. The fraction of sp³-hybridized carbons (Fsp3) is 0.500. The van der Waals surface area contributed by atoms with Crippen LogP contribution in [0.4, 0.5) is 5.82 Å². The van der Waals surface area contributed by atoms with Crippen LogP contribution in [0.5, 0.6) is 0 Å². The van der Waals surface area contributed by atoms with Crippen LogP contribution in [0.1, 0.15) is 30.8 Å². The number of amides is 1. The lowest BCUT2D eigenvalue weighted by Crippen LogP contribution is -2.38. The Morgan fingerprint density at radius 2 is 2.28 bits per heavy atom. The lowest BCUT2D eigenvalue weighted by molar-refractivity contribution is 0.0687. The first-order valence-electron chi connectivity index (χ1n) is 5.95. The van der Waals surface area contributed by atoms with Gasteiger partial charge in [0.25, 0.3) is 5.91 Å². The lowest BCUT2D eigenvalue weighted by atomic mass is 10.2. The molecular weight excluding hydrogens is 232 g/mol. The van der Waals surface area contributed by atoms with Gasteiger partial charge in [0.15, 0.2) is 0 Å². The summed E-state index contributed by atoms with van der Waals surface area (Å²) in [4.78, 5) is 18.1. The largest absolute Gasteiger partial charge is 0.396 e. The van der Waals surface area contributed by atoms with Crippen molar-refractivity contribution in [3.8, 4) is 0 Å². The molecule has 6 heteroatoms. The van der Waals surface area contributed by atoms with Gasteiger partial charge < -0.3 is 15.4 Å². The zero-order valence-corrected chi connectivity index (χ0v) is 10.8. The zero-order valence-electron chi connectivity index (χ0n) is 10.8. The van der Waals surface area contributed by atoms with E-state index in [1.165, 1.54) is 0 Å². The Kier molecular flexibility index (Phi) is 5.54. The van der Waals surface area contributed by atoms with Crippen molar-refractivity contribution in [2.45, 2.75) is 26.3 Å². The minimum absolute atomic E-state index is 0.0559. The SMILES string of the molecule is CC(C)N(CCCO)C(=O)c1cccc(NN)n1. The molecule has 1 rings (SSSR count). The first-order valence-corrected chi connectivity index (χ1v) is 5.95. The summed E-state index contributed by atoms with van der Waals surface area (Å²) in [6.07, 6.45) is 0.554. The van der Waals surface area contributed by atoms with Gasteiger partial charge in [0.05, 0.1) is 0 Å². The van der Waals surface area contributed by atoms with Crippen molar-refractivity contribution in [3.63, 3.8) is 0 Å². The first-order chi connectivity index (χ1) is 8.60. The standard InChI is InChI=1S/C12H20N4O2/c1-9(2)16(7-4-8-17)12(18)10-5-3-6-11(14-10)15-13/h3,5-6,9,17H,4,7-8,13H2,1-2H3,(H,14,15). The van der Waals surface area contributed by atoms with E-state index < -0.39 is 0 Å². The van der Waals surface area contributed by atoms with Crippen molar-refractivity contribution in [3.05, 3.63) is 23.9 Å². The molecule has 0 aromatic carbocycles. The van der Waals surface area contributed by atoms with Crippen LogP contribution in [0.3, 0.4) is 0 Å². The molecule has 1 heterocycles. The summed E-state index contributed by atoms with van der Waals surface area (Å²) in [6, 6.07) is 5.11. The molecular formula is C12H20N4O2. The van der Waals surface area contributed by atoms with E-state index in [1.54, 1.807) is 23.1 Å². The van der Waals surface area contributed by atoms with E-state index in [2.05, 4.69) is 10.4 Å². The Hall–Kier alpha value is -1.66.